The van der Waals surface area contributed by atoms with Gasteiger partial charge >= 0.3 is 0 Å². The number of hydrogen-bond donors (Lipinski definition) is 0. The van der Waals surface area contributed by atoms with Crippen LogP contribution in [0.1, 0.15) is 11.3 Å². The van der Waals surface area contributed by atoms with Gasteiger partial charge in [0.05, 0.1) is 0 Å². The van der Waals surface area contributed by atoms with E-state index in [4.69, 9.17) is 16.3 Å². The Hall–Kier alpha value is -1.91. The quantitative estimate of drug-likeness (QED) is 0.618. The van der Waals surface area contributed by atoms with E-state index in [0.717, 1.165) is 17.0 Å². The Labute approximate surface area is 132 Å². The third-order valence-corrected chi connectivity index (χ3v) is 4.10. The van der Waals surface area contributed by atoms with Gasteiger partial charge in [0.25, 0.3) is 0 Å². The Morgan fingerprint density at radius 1 is 1.14 bits per heavy atom. The second kappa shape index (κ2) is 5.84. The number of nitrogens with zero attached hydrogens (tertiary/aromatic N) is 2. The molecule has 3 aromatic heterocycles. The molecule has 0 aliphatic rings. The molecule has 0 N–H and O–H groups in total. The van der Waals surface area contributed by atoms with Crippen molar-refractivity contribution in [1.82, 2.24) is 9.97 Å². The van der Waals surface area contributed by atoms with Crippen molar-refractivity contribution in [2.45, 2.75) is 13.8 Å². The number of aryl methyl sites for hydroxylation is 2. The van der Waals surface area contributed by atoms with E-state index in [9.17, 15) is 0 Å². The van der Waals surface area contributed by atoms with Crippen LogP contribution in [-0.2, 0) is 0 Å². The van der Waals surface area contributed by atoms with E-state index in [-0.39, 0.29) is 0 Å². The number of thiophene rings is 1. The Bertz CT molecular complexity index is 785. The first-order valence-electron chi connectivity index (χ1n) is 6.44. The first-order valence-corrected chi connectivity index (χ1v) is 7.76. The number of rotatable bonds is 3. The van der Waals surface area contributed by atoms with Gasteiger partial charge < -0.3 is 4.74 Å². The van der Waals surface area contributed by atoms with Crippen LogP contribution in [0.4, 0.5) is 0 Å². The molecule has 0 fully saturated rings. The first-order chi connectivity index (χ1) is 10.1. The van der Waals surface area contributed by atoms with Crippen molar-refractivity contribution in [1.29, 1.82) is 0 Å². The van der Waals surface area contributed by atoms with Gasteiger partial charge in [-0.1, -0.05) is 11.6 Å². The molecule has 5 heteroatoms. The maximum absolute atomic E-state index is 5.94. The third-order valence-electron chi connectivity index (χ3n) is 3.03. The molecular formula is C16H13ClN2OS. The van der Waals surface area contributed by atoms with Crippen LogP contribution in [0.5, 0.6) is 11.5 Å². The number of pyridine rings is 2. The van der Waals surface area contributed by atoms with E-state index < -0.39 is 0 Å². The summed E-state index contributed by atoms with van der Waals surface area (Å²) in [5.74, 6) is 1.36. The minimum absolute atomic E-state index is 0.404. The van der Waals surface area contributed by atoms with Gasteiger partial charge in [0.2, 0.25) is 0 Å². The predicted octanol–water partition coefficient (Wildman–Crippen LogP) is 5.27. The molecule has 0 saturated carbocycles. The maximum atomic E-state index is 5.94. The fourth-order valence-corrected chi connectivity index (χ4v) is 2.99. The highest BCUT2D eigenvalue weighted by Gasteiger charge is 2.13. The van der Waals surface area contributed by atoms with E-state index in [0.29, 0.717) is 16.7 Å². The summed E-state index contributed by atoms with van der Waals surface area (Å²) in [6.07, 6.45) is 1.62. The lowest BCUT2D eigenvalue weighted by atomic mass is 10.1. The SMILES string of the molecule is Cc1ccc(Oc2ccnc(Cl)c2)c(-c2cscc2C)n1. The van der Waals surface area contributed by atoms with Crippen LogP contribution >= 0.6 is 22.9 Å². The lowest BCUT2D eigenvalue weighted by molar-refractivity contribution is 0.481. The summed E-state index contributed by atoms with van der Waals surface area (Å²) in [5.41, 5.74) is 4.09. The Balaban J connectivity index is 2.05. The molecule has 0 spiro atoms. The molecular weight excluding hydrogens is 304 g/mol. The molecule has 0 aliphatic heterocycles. The summed E-state index contributed by atoms with van der Waals surface area (Å²) in [6, 6.07) is 7.33. The standard InChI is InChI=1S/C16H13ClN2OS/c1-10-8-21-9-13(10)16-14(4-3-11(2)19-16)20-12-5-6-18-15(17)7-12/h3-9H,1-2H3. The first kappa shape index (κ1) is 14.0. The highest BCUT2D eigenvalue weighted by Crippen LogP contribution is 2.35. The summed E-state index contributed by atoms with van der Waals surface area (Å²) in [7, 11) is 0. The third kappa shape index (κ3) is 3.06. The maximum Gasteiger partial charge on any atom is 0.153 e. The van der Waals surface area contributed by atoms with Gasteiger partial charge in [-0.25, -0.2) is 9.97 Å². The molecule has 0 aromatic carbocycles. The van der Waals surface area contributed by atoms with Crippen LogP contribution in [0.2, 0.25) is 5.15 Å². The van der Waals surface area contributed by atoms with Gasteiger partial charge in [0, 0.05) is 28.9 Å². The van der Waals surface area contributed by atoms with E-state index in [2.05, 4.69) is 27.7 Å². The molecule has 0 aliphatic carbocycles. The van der Waals surface area contributed by atoms with Crippen LogP contribution in [0.25, 0.3) is 11.3 Å². The zero-order valence-electron chi connectivity index (χ0n) is 11.6. The van der Waals surface area contributed by atoms with E-state index in [1.165, 1.54) is 5.56 Å². The monoisotopic (exact) mass is 316 g/mol. The molecule has 3 rings (SSSR count). The highest BCUT2D eigenvalue weighted by molar-refractivity contribution is 7.08. The van der Waals surface area contributed by atoms with Crippen molar-refractivity contribution in [2.24, 2.45) is 0 Å². The number of halogens is 1. The molecule has 0 unspecified atom stereocenters. The van der Waals surface area contributed by atoms with E-state index in [1.54, 1.807) is 29.7 Å². The molecule has 3 nitrogen and oxygen atoms in total. The largest absolute Gasteiger partial charge is 0.455 e. The van der Waals surface area contributed by atoms with Gasteiger partial charge in [-0.3, -0.25) is 0 Å². The molecule has 0 radical (unpaired) electrons. The zero-order chi connectivity index (χ0) is 14.8. The van der Waals surface area contributed by atoms with Gasteiger partial charge in [-0.15, -0.1) is 0 Å². The van der Waals surface area contributed by atoms with Gasteiger partial charge in [-0.2, -0.15) is 11.3 Å². The molecule has 0 amide bonds. The average molecular weight is 317 g/mol. The van der Waals surface area contributed by atoms with Crippen LogP contribution in [0, 0.1) is 13.8 Å². The molecule has 21 heavy (non-hydrogen) atoms. The average Bonchev–Trinajstić information content (AvgIpc) is 2.87. The molecule has 3 aromatic rings. The van der Waals surface area contributed by atoms with Crippen LogP contribution in [0.3, 0.4) is 0 Å². The van der Waals surface area contributed by atoms with Gasteiger partial charge in [0.1, 0.15) is 16.6 Å². The van der Waals surface area contributed by atoms with Crippen molar-refractivity contribution < 1.29 is 4.74 Å². The molecule has 3 heterocycles. The van der Waals surface area contributed by atoms with Crippen molar-refractivity contribution in [2.75, 3.05) is 0 Å². The topological polar surface area (TPSA) is 35.0 Å². The summed E-state index contributed by atoms with van der Waals surface area (Å²) < 4.78 is 5.94. The van der Waals surface area contributed by atoms with E-state index in [1.807, 2.05) is 19.1 Å². The number of ether oxygens (including phenoxy) is 1. The summed E-state index contributed by atoms with van der Waals surface area (Å²) >= 11 is 7.55. The van der Waals surface area contributed by atoms with Crippen molar-refractivity contribution >= 4 is 22.9 Å². The molecule has 106 valence electrons. The molecule has 0 saturated heterocycles. The highest BCUT2D eigenvalue weighted by atomic mass is 35.5. The van der Waals surface area contributed by atoms with Crippen LogP contribution in [0.15, 0.2) is 41.2 Å². The fourth-order valence-electron chi connectivity index (χ4n) is 2.00. The Morgan fingerprint density at radius 3 is 2.71 bits per heavy atom. The lowest BCUT2D eigenvalue weighted by Gasteiger charge is -2.11. The second-order valence-electron chi connectivity index (χ2n) is 4.68. The number of aromatic nitrogens is 2. The van der Waals surface area contributed by atoms with Crippen LogP contribution < -0.4 is 4.74 Å². The van der Waals surface area contributed by atoms with Crippen LogP contribution in [-0.4, -0.2) is 9.97 Å². The molecule has 0 atom stereocenters. The van der Waals surface area contributed by atoms with Gasteiger partial charge in [-0.05, 0) is 43.0 Å². The van der Waals surface area contributed by atoms with Crippen molar-refractivity contribution in [3.05, 3.63) is 57.6 Å². The second-order valence-corrected chi connectivity index (χ2v) is 5.81. The summed E-state index contributed by atoms with van der Waals surface area (Å²) in [6.45, 7) is 4.04. The minimum Gasteiger partial charge on any atom is -0.455 e. The lowest BCUT2D eigenvalue weighted by Crippen LogP contribution is -1.94. The predicted molar refractivity (Wildman–Crippen MR) is 86.3 cm³/mol. The van der Waals surface area contributed by atoms with Crippen molar-refractivity contribution in [3.63, 3.8) is 0 Å². The minimum atomic E-state index is 0.404. The Kier molecular flexibility index (Phi) is 3.90. The van der Waals surface area contributed by atoms with E-state index >= 15 is 0 Å². The smallest absolute Gasteiger partial charge is 0.153 e. The zero-order valence-corrected chi connectivity index (χ0v) is 13.2. The fraction of sp³-hybridized carbons (Fsp3) is 0.125. The molecule has 0 bridgehead atoms. The van der Waals surface area contributed by atoms with Gasteiger partial charge in [0.15, 0.2) is 5.75 Å². The number of hydrogen-bond acceptors (Lipinski definition) is 4. The summed E-state index contributed by atoms with van der Waals surface area (Å²) in [4.78, 5) is 8.58. The normalized spacial score (nSPS) is 10.6. The Morgan fingerprint density at radius 2 is 2.00 bits per heavy atom. The van der Waals surface area contributed by atoms with Crippen molar-refractivity contribution in [3.8, 4) is 22.8 Å². The summed E-state index contributed by atoms with van der Waals surface area (Å²) in [5, 5.41) is 4.59.